The van der Waals surface area contributed by atoms with Crippen LogP contribution in [-0.2, 0) is 9.59 Å². The molecule has 0 spiro atoms. The first-order chi connectivity index (χ1) is 11.0. The molecule has 0 radical (unpaired) electrons. The van der Waals surface area contributed by atoms with Gasteiger partial charge in [-0.05, 0) is 43.3 Å². The van der Waals surface area contributed by atoms with E-state index in [1.807, 2.05) is 31.2 Å². The molecule has 3 N–H and O–H groups in total. The summed E-state index contributed by atoms with van der Waals surface area (Å²) in [5.41, 5.74) is 6.87. The molecule has 5 nitrogen and oxygen atoms in total. The van der Waals surface area contributed by atoms with Crippen LogP contribution >= 0.6 is 11.8 Å². The van der Waals surface area contributed by atoms with Crippen molar-refractivity contribution < 1.29 is 14.3 Å². The van der Waals surface area contributed by atoms with E-state index in [0.29, 0.717) is 17.2 Å². The Morgan fingerprint density at radius 1 is 1.09 bits per heavy atom. The normalized spacial score (nSPS) is 10.1. The van der Waals surface area contributed by atoms with Crippen LogP contribution in [0.4, 0.5) is 5.69 Å². The fourth-order valence-electron chi connectivity index (χ4n) is 1.77. The van der Waals surface area contributed by atoms with E-state index in [1.54, 1.807) is 24.3 Å². The maximum atomic E-state index is 11.9. The molecule has 0 saturated carbocycles. The molecule has 2 rings (SSSR count). The Hall–Kier alpha value is -2.47. The highest BCUT2D eigenvalue weighted by atomic mass is 32.2. The van der Waals surface area contributed by atoms with Crippen LogP contribution in [0.25, 0.3) is 0 Å². The number of ether oxygens (including phenoxy) is 1. The number of primary amides is 1. The van der Waals surface area contributed by atoms with Crippen molar-refractivity contribution in [1.29, 1.82) is 0 Å². The Bertz CT molecular complexity index is 669. The molecule has 0 heterocycles. The van der Waals surface area contributed by atoms with Gasteiger partial charge in [-0.3, -0.25) is 9.59 Å². The largest absolute Gasteiger partial charge is 0.484 e. The number of hydrogen-bond donors (Lipinski definition) is 2. The average molecular weight is 330 g/mol. The molecule has 0 aromatic heterocycles. The van der Waals surface area contributed by atoms with Gasteiger partial charge in [0.1, 0.15) is 5.75 Å². The van der Waals surface area contributed by atoms with Crippen molar-refractivity contribution in [3.63, 3.8) is 0 Å². The van der Waals surface area contributed by atoms with Crippen molar-refractivity contribution in [3.05, 3.63) is 54.1 Å². The van der Waals surface area contributed by atoms with Gasteiger partial charge in [0, 0.05) is 10.6 Å². The fraction of sp³-hybridized carbons (Fsp3) is 0.176. The number of benzene rings is 2. The summed E-state index contributed by atoms with van der Waals surface area (Å²) in [6.07, 6.45) is 0. The lowest BCUT2D eigenvalue weighted by Crippen LogP contribution is -2.20. The van der Waals surface area contributed by atoms with Gasteiger partial charge in [-0.2, -0.15) is 0 Å². The molecule has 0 saturated heterocycles. The number of nitrogens with one attached hydrogen (secondary N) is 1. The lowest BCUT2D eigenvalue weighted by atomic mass is 10.2. The van der Waals surface area contributed by atoms with Gasteiger partial charge in [-0.15, -0.1) is 11.8 Å². The molecule has 2 aromatic rings. The summed E-state index contributed by atoms with van der Waals surface area (Å²) >= 11 is 1.48. The summed E-state index contributed by atoms with van der Waals surface area (Å²) in [5.74, 6) is 0.246. The third-order valence-corrected chi connectivity index (χ3v) is 3.92. The SMILES string of the molecule is Cc1ccc(SCC(=O)Nc2ccc(OCC(N)=O)cc2)cc1. The van der Waals surface area contributed by atoms with Crippen LogP contribution in [0.5, 0.6) is 5.75 Å². The highest BCUT2D eigenvalue weighted by Crippen LogP contribution is 2.19. The second-order valence-corrected chi connectivity index (χ2v) is 5.98. The Balaban J connectivity index is 1.80. The van der Waals surface area contributed by atoms with Crippen molar-refractivity contribution in [1.82, 2.24) is 0 Å². The van der Waals surface area contributed by atoms with Crippen LogP contribution < -0.4 is 15.8 Å². The number of carbonyl (C=O) groups is 2. The summed E-state index contributed by atoms with van der Waals surface area (Å²) in [6, 6.07) is 14.8. The van der Waals surface area contributed by atoms with Crippen LogP contribution in [0.1, 0.15) is 5.56 Å². The third-order valence-electron chi connectivity index (χ3n) is 2.91. The van der Waals surface area contributed by atoms with Gasteiger partial charge >= 0.3 is 0 Å². The predicted octanol–water partition coefficient (Wildman–Crippen LogP) is 2.59. The van der Waals surface area contributed by atoms with Crippen molar-refractivity contribution in [2.45, 2.75) is 11.8 Å². The van der Waals surface area contributed by atoms with Gasteiger partial charge < -0.3 is 15.8 Å². The van der Waals surface area contributed by atoms with Gasteiger partial charge in [0.25, 0.3) is 5.91 Å². The van der Waals surface area contributed by atoms with E-state index in [4.69, 9.17) is 10.5 Å². The first kappa shape index (κ1) is 16.9. The summed E-state index contributed by atoms with van der Waals surface area (Å²) in [5, 5.41) is 2.81. The standard InChI is InChI=1S/C17H18N2O3S/c1-12-2-8-15(9-3-12)23-11-17(21)19-13-4-6-14(7-5-13)22-10-16(18)20/h2-9H,10-11H2,1H3,(H2,18,20)(H,19,21). The molecule has 120 valence electrons. The van der Waals surface area contributed by atoms with E-state index in [1.165, 1.54) is 17.3 Å². The number of nitrogens with two attached hydrogens (primary N) is 1. The van der Waals surface area contributed by atoms with Crippen molar-refractivity contribution in [2.24, 2.45) is 5.73 Å². The zero-order valence-electron chi connectivity index (χ0n) is 12.7. The first-order valence-electron chi connectivity index (χ1n) is 7.03. The summed E-state index contributed by atoms with van der Waals surface area (Å²) < 4.78 is 5.15. The number of amides is 2. The molecule has 0 aliphatic heterocycles. The molecule has 0 unspecified atom stereocenters. The Morgan fingerprint density at radius 3 is 2.35 bits per heavy atom. The van der Waals surface area contributed by atoms with Gasteiger partial charge in [0.2, 0.25) is 5.91 Å². The highest BCUT2D eigenvalue weighted by molar-refractivity contribution is 8.00. The molecule has 6 heteroatoms. The monoisotopic (exact) mass is 330 g/mol. The molecular weight excluding hydrogens is 312 g/mol. The zero-order valence-corrected chi connectivity index (χ0v) is 13.6. The second kappa shape index (κ2) is 8.24. The molecule has 0 atom stereocenters. The highest BCUT2D eigenvalue weighted by Gasteiger charge is 2.04. The van der Waals surface area contributed by atoms with Crippen LogP contribution in [0.15, 0.2) is 53.4 Å². The number of rotatable bonds is 7. The maximum absolute atomic E-state index is 11.9. The van der Waals surface area contributed by atoms with Gasteiger partial charge in [-0.25, -0.2) is 0 Å². The van der Waals surface area contributed by atoms with E-state index in [0.717, 1.165) is 4.90 Å². The van der Waals surface area contributed by atoms with E-state index in [2.05, 4.69) is 5.32 Å². The quantitative estimate of drug-likeness (QED) is 0.765. The minimum Gasteiger partial charge on any atom is -0.484 e. The fourth-order valence-corrected chi connectivity index (χ4v) is 2.47. The molecule has 23 heavy (non-hydrogen) atoms. The van der Waals surface area contributed by atoms with Gasteiger partial charge in [0.15, 0.2) is 6.61 Å². The number of hydrogen-bond acceptors (Lipinski definition) is 4. The van der Waals surface area contributed by atoms with Crippen LogP contribution in [-0.4, -0.2) is 24.2 Å². The number of anilines is 1. The minimum atomic E-state index is -0.532. The zero-order chi connectivity index (χ0) is 16.7. The summed E-state index contributed by atoms with van der Waals surface area (Å²) in [4.78, 5) is 23.6. The van der Waals surface area contributed by atoms with Crippen LogP contribution in [0.2, 0.25) is 0 Å². The van der Waals surface area contributed by atoms with Crippen molar-refractivity contribution >= 4 is 29.3 Å². The van der Waals surface area contributed by atoms with E-state index in [-0.39, 0.29) is 12.5 Å². The molecule has 0 aliphatic rings. The number of thioether (sulfide) groups is 1. The number of aryl methyl sites for hydroxylation is 1. The Morgan fingerprint density at radius 2 is 1.74 bits per heavy atom. The van der Waals surface area contributed by atoms with E-state index in [9.17, 15) is 9.59 Å². The van der Waals surface area contributed by atoms with Gasteiger partial charge in [0.05, 0.1) is 5.75 Å². The molecule has 2 amide bonds. The predicted molar refractivity (Wildman–Crippen MR) is 91.7 cm³/mol. The van der Waals surface area contributed by atoms with E-state index >= 15 is 0 Å². The van der Waals surface area contributed by atoms with Crippen LogP contribution in [0, 0.1) is 6.92 Å². The topological polar surface area (TPSA) is 81.4 Å². The van der Waals surface area contributed by atoms with Crippen molar-refractivity contribution in [3.8, 4) is 5.75 Å². The maximum Gasteiger partial charge on any atom is 0.255 e. The minimum absolute atomic E-state index is 0.0821. The third kappa shape index (κ3) is 6.04. The molecule has 0 aliphatic carbocycles. The van der Waals surface area contributed by atoms with E-state index < -0.39 is 5.91 Å². The van der Waals surface area contributed by atoms with Gasteiger partial charge in [-0.1, -0.05) is 17.7 Å². The lowest BCUT2D eigenvalue weighted by Gasteiger charge is -2.07. The summed E-state index contributed by atoms with van der Waals surface area (Å²) in [6.45, 7) is 1.86. The van der Waals surface area contributed by atoms with Crippen LogP contribution in [0.3, 0.4) is 0 Å². The lowest BCUT2D eigenvalue weighted by molar-refractivity contribution is -0.120. The van der Waals surface area contributed by atoms with Crippen molar-refractivity contribution in [2.75, 3.05) is 17.7 Å². The Kier molecular flexibility index (Phi) is 6.05. The Labute approximate surface area is 139 Å². The molecule has 2 aromatic carbocycles. The number of carbonyl (C=O) groups excluding carboxylic acids is 2. The smallest absolute Gasteiger partial charge is 0.255 e. The second-order valence-electron chi connectivity index (χ2n) is 4.93. The summed E-state index contributed by atoms with van der Waals surface area (Å²) in [7, 11) is 0. The average Bonchev–Trinajstić information content (AvgIpc) is 2.53. The first-order valence-corrected chi connectivity index (χ1v) is 8.02. The molecular formula is C17H18N2O3S. The molecule has 0 bridgehead atoms. The molecule has 0 fully saturated rings.